The van der Waals surface area contributed by atoms with Gasteiger partial charge in [-0.1, -0.05) is 35.9 Å². The highest BCUT2D eigenvalue weighted by Crippen LogP contribution is 2.41. The van der Waals surface area contributed by atoms with Gasteiger partial charge in [0.05, 0.1) is 23.7 Å². The number of rotatable bonds is 7. The molecule has 31 heavy (non-hydrogen) atoms. The van der Waals surface area contributed by atoms with Crippen molar-refractivity contribution < 1.29 is 19.1 Å². The second kappa shape index (κ2) is 9.08. The number of esters is 1. The number of carbonyl (C=O) groups is 2. The van der Waals surface area contributed by atoms with E-state index in [1.807, 2.05) is 41.0 Å². The zero-order chi connectivity index (χ0) is 22.0. The Bertz CT molecular complexity index is 1100. The second-order valence-corrected chi connectivity index (χ2v) is 7.77. The molecule has 0 saturated heterocycles. The van der Waals surface area contributed by atoms with Gasteiger partial charge in [0.1, 0.15) is 0 Å². The van der Waals surface area contributed by atoms with E-state index in [1.54, 1.807) is 31.1 Å². The Balaban J connectivity index is 1.93. The first-order valence-corrected chi connectivity index (χ1v) is 10.6. The molecule has 3 aromatic rings. The van der Waals surface area contributed by atoms with Gasteiger partial charge in [0.2, 0.25) is 11.9 Å². The molecule has 0 radical (unpaired) electrons. The summed E-state index contributed by atoms with van der Waals surface area (Å²) in [5.41, 5.74) is 2.39. The fourth-order valence-electron chi connectivity index (χ4n) is 4.09. The summed E-state index contributed by atoms with van der Waals surface area (Å²) in [5.74, 6) is -1.39. The molecule has 2 atom stereocenters. The number of carbonyl (C=O) groups excluding carboxylic acids is 2. The number of anilines is 1. The first kappa shape index (κ1) is 21.3. The van der Waals surface area contributed by atoms with E-state index in [0.29, 0.717) is 30.5 Å². The summed E-state index contributed by atoms with van der Waals surface area (Å²) in [6, 6.07) is 14.3. The van der Waals surface area contributed by atoms with E-state index in [1.165, 1.54) is 0 Å². The van der Waals surface area contributed by atoms with E-state index in [9.17, 15) is 9.59 Å². The van der Waals surface area contributed by atoms with Crippen molar-refractivity contribution in [1.82, 2.24) is 9.55 Å². The molecule has 2 heterocycles. The lowest BCUT2D eigenvalue weighted by atomic mass is 9.89. The first-order valence-electron chi connectivity index (χ1n) is 10.3. The lowest BCUT2D eigenvalue weighted by molar-refractivity contribution is -0.153. The minimum atomic E-state index is -1.03. The average Bonchev–Trinajstić information content (AvgIpc) is 3.15. The summed E-state index contributed by atoms with van der Waals surface area (Å²) in [6.07, 6.45) is 0.618. The third-order valence-electron chi connectivity index (χ3n) is 5.43. The molecule has 1 aliphatic rings. The summed E-state index contributed by atoms with van der Waals surface area (Å²) in [6.45, 7) is 2.81. The average molecular weight is 442 g/mol. The Hall–Kier alpha value is -2.90. The number of para-hydroxylation sites is 2. The molecule has 4 rings (SSSR count). The highest BCUT2D eigenvalue weighted by atomic mass is 35.5. The molecule has 0 bridgehead atoms. The van der Waals surface area contributed by atoms with Crippen LogP contribution < -0.4 is 4.90 Å². The summed E-state index contributed by atoms with van der Waals surface area (Å²) in [4.78, 5) is 33.0. The number of fused-ring (bicyclic) bond motifs is 3. The monoisotopic (exact) mass is 441 g/mol. The molecule has 0 unspecified atom stereocenters. The number of hydrogen-bond acceptors (Lipinski definition) is 5. The zero-order valence-corrected chi connectivity index (χ0v) is 18.2. The number of benzene rings is 2. The molecule has 8 heteroatoms. The van der Waals surface area contributed by atoms with Gasteiger partial charge in [-0.2, -0.15) is 0 Å². The van der Waals surface area contributed by atoms with Crippen LogP contribution in [0.15, 0.2) is 48.5 Å². The van der Waals surface area contributed by atoms with Crippen LogP contribution in [0.1, 0.15) is 24.9 Å². The predicted molar refractivity (Wildman–Crippen MR) is 118 cm³/mol. The Morgan fingerprint density at radius 1 is 1.16 bits per heavy atom. The van der Waals surface area contributed by atoms with Crippen LogP contribution in [0.25, 0.3) is 11.0 Å². The minimum absolute atomic E-state index is 0.192. The van der Waals surface area contributed by atoms with Crippen molar-refractivity contribution in [1.29, 1.82) is 0 Å². The molecular formula is C23H24ClN3O4. The van der Waals surface area contributed by atoms with Crippen LogP contribution in [0.5, 0.6) is 0 Å². The summed E-state index contributed by atoms with van der Waals surface area (Å²) < 4.78 is 12.5. The van der Waals surface area contributed by atoms with E-state index in [-0.39, 0.29) is 12.5 Å². The van der Waals surface area contributed by atoms with Gasteiger partial charge in [-0.3, -0.25) is 14.5 Å². The topological polar surface area (TPSA) is 73.7 Å². The van der Waals surface area contributed by atoms with Crippen LogP contribution in [0.4, 0.5) is 5.95 Å². The Morgan fingerprint density at radius 3 is 2.61 bits per heavy atom. The smallest absolute Gasteiger partial charge is 0.321 e. The van der Waals surface area contributed by atoms with Gasteiger partial charge in [0, 0.05) is 25.3 Å². The van der Waals surface area contributed by atoms with E-state index in [2.05, 4.69) is 0 Å². The molecule has 0 N–H and O–H groups in total. The van der Waals surface area contributed by atoms with Crippen LogP contribution >= 0.6 is 11.6 Å². The standard InChI is InChI=1S/C23H24ClN3O4/c1-3-31-22(29)19-20(15-9-11-16(24)12-10-15)27-18-8-5-4-7-17(18)25-23(27)26(21(19)28)13-6-14-30-2/h4-5,7-12,19-20H,3,6,13-14H2,1-2H3/t19-,20-/m1/s1. The Kier molecular flexibility index (Phi) is 6.25. The van der Waals surface area contributed by atoms with Crippen LogP contribution in [0, 0.1) is 5.92 Å². The van der Waals surface area contributed by atoms with Gasteiger partial charge < -0.3 is 14.0 Å². The lowest BCUT2D eigenvalue weighted by Crippen LogP contribution is -2.50. The number of methoxy groups -OCH3 is 1. The maximum atomic E-state index is 13.6. The minimum Gasteiger partial charge on any atom is -0.465 e. The number of nitrogens with zero attached hydrogens (tertiary/aromatic N) is 3. The molecule has 2 aromatic carbocycles. The maximum Gasteiger partial charge on any atom is 0.321 e. The largest absolute Gasteiger partial charge is 0.465 e. The lowest BCUT2D eigenvalue weighted by Gasteiger charge is -2.38. The quantitative estimate of drug-likeness (QED) is 0.316. The first-order chi connectivity index (χ1) is 15.1. The molecule has 0 fully saturated rings. The number of aromatic nitrogens is 2. The molecule has 1 aliphatic heterocycles. The fourth-order valence-corrected chi connectivity index (χ4v) is 4.21. The summed E-state index contributed by atoms with van der Waals surface area (Å²) in [7, 11) is 1.62. The van der Waals surface area contributed by atoms with Crippen molar-refractivity contribution in [2.75, 3.05) is 31.8 Å². The van der Waals surface area contributed by atoms with Crippen LogP contribution in [0.3, 0.4) is 0 Å². The molecule has 162 valence electrons. The molecule has 0 saturated carbocycles. The number of amides is 1. The van der Waals surface area contributed by atoms with Gasteiger partial charge >= 0.3 is 5.97 Å². The van der Waals surface area contributed by atoms with Gasteiger partial charge in [-0.15, -0.1) is 0 Å². The summed E-state index contributed by atoms with van der Waals surface area (Å²) in [5, 5.41) is 0.579. The van der Waals surface area contributed by atoms with Gasteiger partial charge in [-0.05, 0) is 43.2 Å². The van der Waals surface area contributed by atoms with E-state index >= 15 is 0 Å². The molecule has 1 amide bonds. The van der Waals surface area contributed by atoms with Crippen molar-refractivity contribution in [2.24, 2.45) is 5.92 Å². The normalized spacial score (nSPS) is 18.3. The van der Waals surface area contributed by atoms with E-state index in [0.717, 1.165) is 16.6 Å². The number of hydrogen-bond donors (Lipinski definition) is 0. The zero-order valence-electron chi connectivity index (χ0n) is 17.5. The van der Waals surface area contributed by atoms with Crippen LogP contribution in [-0.4, -0.2) is 48.3 Å². The Labute approximate surface area is 185 Å². The van der Waals surface area contributed by atoms with E-state index < -0.39 is 17.9 Å². The molecular weight excluding hydrogens is 418 g/mol. The highest BCUT2D eigenvalue weighted by molar-refractivity contribution is 6.30. The second-order valence-electron chi connectivity index (χ2n) is 7.33. The van der Waals surface area contributed by atoms with E-state index in [4.69, 9.17) is 26.1 Å². The number of halogens is 1. The van der Waals surface area contributed by atoms with Crippen molar-refractivity contribution in [3.8, 4) is 0 Å². The third kappa shape index (κ3) is 3.91. The van der Waals surface area contributed by atoms with Crippen molar-refractivity contribution >= 4 is 40.5 Å². The van der Waals surface area contributed by atoms with Gasteiger partial charge in [-0.25, -0.2) is 4.98 Å². The van der Waals surface area contributed by atoms with Gasteiger partial charge in [0.25, 0.3) is 0 Å². The SMILES string of the molecule is CCOC(=O)[C@H]1C(=O)N(CCCOC)c2nc3ccccc3n2[C@@H]1c1ccc(Cl)cc1. The predicted octanol–water partition coefficient (Wildman–Crippen LogP) is 3.84. The van der Waals surface area contributed by atoms with Crippen molar-refractivity contribution in [3.05, 3.63) is 59.1 Å². The summed E-state index contributed by atoms with van der Waals surface area (Å²) >= 11 is 6.10. The highest BCUT2D eigenvalue weighted by Gasteiger charge is 2.47. The number of imidazole rings is 1. The maximum absolute atomic E-state index is 13.6. The van der Waals surface area contributed by atoms with Gasteiger partial charge in [0.15, 0.2) is 5.92 Å². The molecule has 7 nitrogen and oxygen atoms in total. The molecule has 0 spiro atoms. The fraction of sp³-hybridized carbons (Fsp3) is 0.348. The molecule has 1 aromatic heterocycles. The number of ether oxygens (including phenoxy) is 2. The van der Waals surface area contributed by atoms with Crippen LogP contribution in [0.2, 0.25) is 5.02 Å². The third-order valence-corrected chi connectivity index (χ3v) is 5.68. The van der Waals surface area contributed by atoms with Crippen molar-refractivity contribution in [3.63, 3.8) is 0 Å². The molecule has 0 aliphatic carbocycles. The van der Waals surface area contributed by atoms with Crippen molar-refractivity contribution in [2.45, 2.75) is 19.4 Å². The van der Waals surface area contributed by atoms with Crippen LogP contribution in [-0.2, 0) is 19.1 Å². The Morgan fingerprint density at radius 2 is 1.90 bits per heavy atom.